The molecule has 0 saturated heterocycles. The van der Waals surface area contributed by atoms with E-state index in [4.69, 9.17) is 17.3 Å². The molecular weight excluding hydrogens is 170 g/mol. The third kappa shape index (κ3) is 1.13. The molecule has 0 radical (unpaired) electrons. The van der Waals surface area contributed by atoms with E-state index in [1.165, 1.54) is 5.56 Å². The van der Waals surface area contributed by atoms with Crippen molar-refractivity contribution in [3.05, 3.63) is 34.9 Å². The van der Waals surface area contributed by atoms with Gasteiger partial charge in [-0.25, -0.2) is 0 Å². The van der Waals surface area contributed by atoms with Crippen LogP contribution in [-0.4, -0.2) is 0 Å². The summed E-state index contributed by atoms with van der Waals surface area (Å²) in [5, 5.41) is 0.774. The number of halogens is 1. The Kier molecular flexibility index (Phi) is 1.67. The highest BCUT2D eigenvalue weighted by molar-refractivity contribution is 6.30. The molecule has 64 valence electrons. The maximum Gasteiger partial charge on any atom is 0.0439 e. The molecule has 0 bridgehead atoms. The third-order valence-electron chi connectivity index (χ3n) is 2.74. The van der Waals surface area contributed by atoms with E-state index in [1.807, 2.05) is 24.3 Å². The zero-order valence-electron chi connectivity index (χ0n) is 7.05. The molecule has 2 atom stereocenters. The van der Waals surface area contributed by atoms with E-state index in [0.29, 0.717) is 5.92 Å². The van der Waals surface area contributed by atoms with E-state index in [9.17, 15) is 0 Å². The monoisotopic (exact) mass is 181 g/mol. The average Bonchev–Trinajstić information content (AvgIpc) is 2.62. The Morgan fingerprint density at radius 2 is 1.92 bits per heavy atom. The first kappa shape index (κ1) is 8.09. The molecule has 0 amide bonds. The van der Waals surface area contributed by atoms with Crippen LogP contribution in [0.3, 0.4) is 0 Å². The van der Waals surface area contributed by atoms with Gasteiger partial charge in [-0.05, 0) is 30.0 Å². The van der Waals surface area contributed by atoms with Crippen LogP contribution in [0.25, 0.3) is 0 Å². The van der Waals surface area contributed by atoms with Crippen molar-refractivity contribution in [1.82, 2.24) is 0 Å². The van der Waals surface area contributed by atoms with E-state index < -0.39 is 0 Å². The van der Waals surface area contributed by atoms with Gasteiger partial charge in [0.1, 0.15) is 0 Å². The lowest BCUT2D eigenvalue weighted by molar-refractivity contribution is 0.665. The largest absolute Gasteiger partial charge is 0.321 e. The van der Waals surface area contributed by atoms with Crippen LogP contribution in [0.5, 0.6) is 0 Å². The second-order valence-electron chi connectivity index (χ2n) is 3.65. The second-order valence-corrected chi connectivity index (χ2v) is 4.09. The molecule has 0 unspecified atom stereocenters. The minimum atomic E-state index is -0.0649. The molecule has 1 saturated carbocycles. The first-order chi connectivity index (χ1) is 5.63. The lowest BCUT2D eigenvalue weighted by Gasteiger charge is -2.09. The summed E-state index contributed by atoms with van der Waals surface area (Å²) in [7, 11) is 0. The van der Waals surface area contributed by atoms with Gasteiger partial charge in [0.2, 0.25) is 0 Å². The maximum atomic E-state index is 6.12. The molecule has 12 heavy (non-hydrogen) atoms. The van der Waals surface area contributed by atoms with Gasteiger partial charge in [0.15, 0.2) is 0 Å². The molecule has 2 N–H and O–H groups in total. The van der Waals surface area contributed by atoms with Gasteiger partial charge >= 0.3 is 0 Å². The maximum absolute atomic E-state index is 6.12. The van der Waals surface area contributed by atoms with Gasteiger partial charge in [-0.3, -0.25) is 0 Å². The van der Waals surface area contributed by atoms with Crippen LogP contribution in [0.2, 0.25) is 5.02 Å². The van der Waals surface area contributed by atoms with Gasteiger partial charge in [0.25, 0.3) is 0 Å². The Balaban J connectivity index is 2.31. The lowest BCUT2D eigenvalue weighted by atomic mass is 10.0. The van der Waals surface area contributed by atoms with Crippen LogP contribution < -0.4 is 5.73 Å². The van der Waals surface area contributed by atoms with Crippen LogP contribution in [0.4, 0.5) is 0 Å². The first-order valence-corrected chi connectivity index (χ1v) is 4.55. The molecule has 1 aromatic carbocycles. The van der Waals surface area contributed by atoms with Crippen molar-refractivity contribution in [2.45, 2.75) is 18.9 Å². The van der Waals surface area contributed by atoms with E-state index in [-0.39, 0.29) is 5.54 Å². The minimum Gasteiger partial charge on any atom is -0.321 e. The summed E-state index contributed by atoms with van der Waals surface area (Å²) < 4.78 is 0. The topological polar surface area (TPSA) is 26.0 Å². The summed E-state index contributed by atoms with van der Waals surface area (Å²) in [5.74, 6) is 0.610. The summed E-state index contributed by atoms with van der Waals surface area (Å²) in [5.41, 5.74) is 7.26. The normalized spacial score (nSPS) is 33.4. The molecule has 2 rings (SSSR count). The van der Waals surface area contributed by atoms with E-state index in [1.54, 1.807) is 0 Å². The summed E-state index contributed by atoms with van der Waals surface area (Å²) in [6.45, 7) is 2.18. The van der Waals surface area contributed by atoms with Crippen molar-refractivity contribution in [3.63, 3.8) is 0 Å². The fourth-order valence-electron chi connectivity index (χ4n) is 1.61. The molecule has 1 aromatic rings. The molecule has 0 aliphatic heterocycles. The molecule has 2 heteroatoms. The molecule has 0 spiro atoms. The van der Waals surface area contributed by atoms with Crippen molar-refractivity contribution in [1.29, 1.82) is 0 Å². The van der Waals surface area contributed by atoms with Gasteiger partial charge in [-0.1, -0.05) is 30.7 Å². The smallest absolute Gasteiger partial charge is 0.0439 e. The molecule has 1 nitrogen and oxygen atoms in total. The molecule has 1 aliphatic carbocycles. The molecule has 0 aromatic heterocycles. The number of rotatable bonds is 1. The Morgan fingerprint density at radius 3 is 2.33 bits per heavy atom. The predicted octanol–water partition coefficient (Wildman–Crippen LogP) is 2.53. The van der Waals surface area contributed by atoms with Crippen molar-refractivity contribution < 1.29 is 0 Å². The second kappa shape index (κ2) is 2.48. The van der Waals surface area contributed by atoms with Crippen LogP contribution >= 0.6 is 11.6 Å². The van der Waals surface area contributed by atoms with E-state index >= 15 is 0 Å². The van der Waals surface area contributed by atoms with Gasteiger partial charge < -0.3 is 5.73 Å². The SMILES string of the molecule is C[C@@H]1C[C@@]1(N)c1ccc(Cl)cc1. The van der Waals surface area contributed by atoms with Gasteiger partial charge in [0, 0.05) is 10.6 Å². The van der Waals surface area contributed by atoms with Gasteiger partial charge in [-0.2, -0.15) is 0 Å². The fourth-order valence-corrected chi connectivity index (χ4v) is 1.74. The standard InChI is InChI=1S/C10H12ClN/c1-7-6-10(7,12)8-2-4-9(11)5-3-8/h2-5,7H,6,12H2,1H3/t7-,10+/m1/s1. The van der Waals surface area contributed by atoms with Crippen molar-refractivity contribution in [2.75, 3.05) is 0 Å². The highest BCUT2D eigenvalue weighted by atomic mass is 35.5. The highest BCUT2D eigenvalue weighted by Gasteiger charge is 2.48. The summed E-state index contributed by atoms with van der Waals surface area (Å²) in [6, 6.07) is 7.84. The molecular formula is C10H12ClN. The number of nitrogens with two attached hydrogens (primary N) is 1. The zero-order valence-corrected chi connectivity index (χ0v) is 7.81. The van der Waals surface area contributed by atoms with Crippen LogP contribution in [0.1, 0.15) is 18.9 Å². The minimum absolute atomic E-state index is 0.0649. The molecule has 1 aliphatic rings. The lowest BCUT2D eigenvalue weighted by Crippen LogP contribution is -2.21. The van der Waals surface area contributed by atoms with E-state index in [2.05, 4.69) is 6.92 Å². The Bertz CT molecular complexity index is 293. The number of hydrogen-bond donors (Lipinski definition) is 1. The highest BCUT2D eigenvalue weighted by Crippen LogP contribution is 2.49. The first-order valence-electron chi connectivity index (χ1n) is 4.18. The summed E-state index contributed by atoms with van der Waals surface area (Å²) >= 11 is 5.78. The van der Waals surface area contributed by atoms with E-state index in [0.717, 1.165) is 11.4 Å². The van der Waals surface area contributed by atoms with Crippen molar-refractivity contribution in [3.8, 4) is 0 Å². The van der Waals surface area contributed by atoms with Crippen LogP contribution in [-0.2, 0) is 5.54 Å². The molecule has 0 heterocycles. The summed E-state index contributed by atoms with van der Waals surface area (Å²) in [4.78, 5) is 0. The Labute approximate surface area is 77.5 Å². The van der Waals surface area contributed by atoms with Crippen LogP contribution in [0.15, 0.2) is 24.3 Å². The zero-order chi connectivity index (χ0) is 8.77. The van der Waals surface area contributed by atoms with Crippen molar-refractivity contribution >= 4 is 11.6 Å². The Hall–Kier alpha value is -0.530. The Morgan fingerprint density at radius 1 is 1.42 bits per heavy atom. The number of hydrogen-bond acceptors (Lipinski definition) is 1. The molecule has 1 fully saturated rings. The quantitative estimate of drug-likeness (QED) is 0.708. The van der Waals surface area contributed by atoms with Crippen molar-refractivity contribution in [2.24, 2.45) is 11.7 Å². The van der Waals surface area contributed by atoms with Crippen LogP contribution in [0, 0.1) is 5.92 Å². The summed E-state index contributed by atoms with van der Waals surface area (Å²) in [6.07, 6.45) is 1.09. The van der Waals surface area contributed by atoms with Gasteiger partial charge in [0.05, 0.1) is 0 Å². The third-order valence-corrected chi connectivity index (χ3v) is 3.00. The predicted molar refractivity (Wildman–Crippen MR) is 51.1 cm³/mol. The fraction of sp³-hybridized carbons (Fsp3) is 0.400. The average molecular weight is 182 g/mol. The number of benzene rings is 1. The van der Waals surface area contributed by atoms with Gasteiger partial charge in [-0.15, -0.1) is 0 Å².